The summed E-state index contributed by atoms with van der Waals surface area (Å²) in [5.41, 5.74) is 2.55. The monoisotopic (exact) mass is 448 g/mol. The van der Waals surface area contributed by atoms with Crippen molar-refractivity contribution in [1.82, 2.24) is 19.7 Å². The van der Waals surface area contributed by atoms with Gasteiger partial charge in [0, 0.05) is 30.1 Å². The number of imidazole rings is 1. The number of pyridine rings is 1. The summed E-state index contributed by atoms with van der Waals surface area (Å²) in [7, 11) is 3.17. The lowest BCUT2D eigenvalue weighted by Gasteiger charge is -2.07. The lowest BCUT2D eigenvalue weighted by molar-refractivity contribution is 0.376. The van der Waals surface area contributed by atoms with Gasteiger partial charge < -0.3 is 18.6 Å². The van der Waals surface area contributed by atoms with Crippen LogP contribution in [0, 0.1) is 11.6 Å². The summed E-state index contributed by atoms with van der Waals surface area (Å²) in [6, 6.07) is 13.0. The molecule has 0 saturated carbocycles. The molecule has 0 N–H and O–H groups in total. The number of aromatic nitrogens is 4. The molecule has 0 bridgehead atoms. The molecule has 5 rings (SSSR count). The molecule has 0 aliphatic carbocycles. The van der Waals surface area contributed by atoms with Crippen LogP contribution in [0.4, 0.5) is 8.78 Å². The molecule has 1 aromatic heterocycles. The number of nitrogens with zero attached hydrogens (tertiary/aromatic N) is 4. The highest BCUT2D eigenvalue weighted by Gasteiger charge is 2.18. The lowest BCUT2D eigenvalue weighted by Crippen LogP contribution is -1.99. The third kappa shape index (κ3) is 3.89. The molecule has 3 heterocycles. The Hall–Kier alpha value is -4.27. The molecule has 2 aliphatic heterocycles. The average Bonchev–Trinajstić information content (AvgIpc) is 3.47. The zero-order chi connectivity index (χ0) is 22.9. The number of halogens is 2. The molecule has 0 amide bonds. The summed E-state index contributed by atoms with van der Waals surface area (Å²) in [5, 5.41) is 4.16. The second kappa shape index (κ2) is 8.34. The second-order valence-corrected chi connectivity index (χ2v) is 7.28. The van der Waals surface area contributed by atoms with Gasteiger partial charge in [-0.2, -0.15) is 0 Å². The highest BCUT2D eigenvalue weighted by atomic mass is 19.2. The lowest BCUT2D eigenvalue weighted by atomic mass is 10.1. The van der Waals surface area contributed by atoms with Crippen molar-refractivity contribution in [1.29, 1.82) is 0 Å². The first-order valence-electron chi connectivity index (χ1n) is 10.0. The average molecular weight is 448 g/mol. The summed E-state index contributed by atoms with van der Waals surface area (Å²) in [4.78, 5) is 8.68. The third-order valence-corrected chi connectivity index (χ3v) is 5.20. The Morgan fingerprint density at radius 2 is 1.76 bits per heavy atom. The Kier molecular flexibility index (Phi) is 5.21. The molecule has 3 aromatic rings. The molecule has 0 spiro atoms. The van der Waals surface area contributed by atoms with E-state index in [1.807, 2.05) is 22.8 Å². The van der Waals surface area contributed by atoms with E-state index in [4.69, 9.17) is 14.0 Å². The molecule has 0 saturated heterocycles. The molecule has 33 heavy (non-hydrogen) atoms. The second-order valence-electron chi connectivity index (χ2n) is 7.28. The minimum atomic E-state index is -0.969. The third-order valence-electron chi connectivity index (χ3n) is 5.20. The highest BCUT2D eigenvalue weighted by molar-refractivity contribution is 5.68. The van der Waals surface area contributed by atoms with Gasteiger partial charge in [-0.1, -0.05) is 11.2 Å². The van der Waals surface area contributed by atoms with Crippen LogP contribution < -0.4 is 9.47 Å². The first-order valence-corrected chi connectivity index (χ1v) is 10.0. The first-order chi connectivity index (χ1) is 16.1. The smallest absolute Gasteiger partial charge is 0.169 e. The molecular weight excluding hydrogens is 430 g/mol. The number of rotatable bonds is 6. The van der Waals surface area contributed by atoms with Crippen LogP contribution >= 0.6 is 0 Å². The number of ether oxygens (including phenoxy) is 2. The molecule has 2 aliphatic rings. The Balaban J connectivity index is 1.41. The van der Waals surface area contributed by atoms with Gasteiger partial charge in [0.05, 0.1) is 32.0 Å². The summed E-state index contributed by atoms with van der Waals surface area (Å²) in [6.45, 7) is 0.387. The van der Waals surface area contributed by atoms with Crippen molar-refractivity contribution in [3.63, 3.8) is 0 Å². The fourth-order valence-corrected chi connectivity index (χ4v) is 3.55. The van der Waals surface area contributed by atoms with Gasteiger partial charge in [-0.3, -0.25) is 0 Å². The number of methoxy groups -OCH3 is 2. The van der Waals surface area contributed by atoms with Gasteiger partial charge in [0.1, 0.15) is 22.9 Å². The van der Waals surface area contributed by atoms with Crippen molar-refractivity contribution in [3.05, 3.63) is 78.3 Å². The number of fused-ring (bicyclic) bond motifs is 1. The fraction of sp³-hybridized carbons (Fsp3) is 0.125. The molecule has 0 radical (unpaired) electrons. The summed E-state index contributed by atoms with van der Waals surface area (Å²) < 4.78 is 45.7. The topological polar surface area (TPSA) is 75.2 Å². The van der Waals surface area contributed by atoms with Crippen LogP contribution in [0.3, 0.4) is 0 Å². The number of benzene rings is 2. The number of hydrogen-bond donors (Lipinski definition) is 0. The van der Waals surface area contributed by atoms with Crippen LogP contribution in [0.1, 0.15) is 5.76 Å². The molecule has 9 heteroatoms. The molecular formula is C24H18F2N4O3. The summed E-state index contributed by atoms with van der Waals surface area (Å²) in [5.74, 6) is 0.134. The molecule has 166 valence electrons. The van der Waals surface area contributed by atoms with Gasteiger partial charge in [-0.15, -0.1) is 0 Å². The van der Waals surface area contributed by atoms with E-state index >= 15 is 0 Å². The highest BCUT2D eigenvalue weighted by Crippen LogP contribution is 2.33. The van der Waals surface area contributed by atoms with Crippen molar-refractivity contribution >= 4 is 0 Å². The minimum absolute atomic E-state index is 0.0195. The maximum atomic E-state index is 14.1. The van der Waals surface area contributed by atoms with Crippen LogP contribution in [0.25, 0.3) is 34.0 Å². The van der Waals surface area contributed by atoms with Crippen molar-refractivity contribution in [2.24, 2.45) is 0 Å². The van der Waals surface area contributed by atoms with Gasteiger partial charge in [0.25, 0.3) is 0 Å². The zero-order valence-corrected chi connectivity index (χ0v) is 17.8. The predicted octanol–water partition coefficient (Wildman–Crippen LogP) is 5.05. The molecule has 0 unspecified atom stereocenters. The maximum Gasteiger partial charge on any atom is 0.169 e. The van der Waals surface area contributed by atoms with Gasteiger partial charge in [-0.05, 0) is 30.3 Å². The molecule has 2 aromatic carbocycles. The van der Waals surface area contributed by atoms with E-state index in [9.17, 15) is 8.78 Å². The van der Waals surface area contributed by atoms with E-state index in [-0.39, 0.29) is 11.4 Å². The predicted molar refractivity (Wildman–Crippen MR) is 116 cm³/mol. The van der Waals surface area contributed by atoms with Gasteiger partial charge in [0.15, 0.2) is 23.2 Å². The van der Waals surface area contributed by atoms with Crippen LogP contribution in [0.5, 0.6) is 11.5 Å². The minimum Gasteiger partial charge on any atom is -0.497 e. The van der Waals surface area contributed by atoms with Crippen LogP contribution in [-0.4, -0.2) is 33.9 Å². The Labute approximate surface area is 187 Å². The van der Waals surface area contributed by atoms with E-state index < -0.39 is 11.6 Å². The molecule has 7 nitrogen and oxygen atoms in total. The largest absolute Gasteiger partial charge is 0.497 e. The SMILES string of the molecule is COc1ccc(-c2cc(Cn3ccc4nc(-c5cccc(F)c5F)nc-4c3)on2)c(OC)c1. The molecule has 0 fully saturated rings. The maximum absolute atomic E-state index is 14.1. The Morgan fingerprint density at radius 3 is 2.58 bits per heavy atom. The van der Waals surface area contributed by atoms with E-state index in [0.29, 0.717) is 40.9 Å². The standard InChI is InChI=1S/C24H18F2N4O3/c1-31-14-6-7-16(22(11-14)32-2)20-10-15(33-29-20)12-30-9-8-19-21(13-30)28-24(27-19)17-4-3-5-18(25)23(17)26/h3-11,13H,12H2,1-2H3. The first kappa shape index (κ1) is 20.6. The van der Waals surface area contributed by atoms with Crippen LogP contribution in [0.15, 0.2) is 65.4 Å². The number of hydrogen-bond acceptors (Lipinski definition) is 6. The van der Waals surface area contributed by atoms with E-state index in [0.717, 1.165) is 11.6 Å². The zero-order valence-electron chi connectivity index (χ0n) is 17.8. The van der Waals surface area contributed by atoms with Crippen LogP contribution in [0.2, 0.25) is 0 Å². The summed E-state index contributed by atoms with van der Waals surface area (Å²) in [6.07, 6.45) is 3.57. The van der Waals surface area contributed by atoms with E-state index in [1.54, 1.807) is 38.7 Å². The van der Waals surface area contributed by atoms with Gasteiger partial charge >= 0.3 is 0 Å². The van der Waals surface area contributed by atoms with Crippen molar-refractivity contribution in [3.8, 4) is 45.5 Å². The molecule has 0 atom stereocenters. The van der Waals surface area contributed by atoms with Gasteiger partial charge in [-0.25, -0.2) is 18.7 Å². The van der Waals surface area contributed by atoms with Crippen LogP contribution in [-0.2, 0) is 6.54 Å². The summed E-state index contributed by atoms with van der Waals surface area (Å²) >= 11 is 0. The normalized spacial score (nSPS) is 11.2. The Morgan fingerprint density at radius 1 is 0.909 bits per heavy atom. The fourth-order valence-electron chi connectivity index (χ4n) is 3.55. The van der Waals surface area contributed by atoms with E-state index in [2.05, 4.69) is 15.1 Å². The van der Waals surface area contributed by atoms with Crippen molar-refractivity contribution < 1.29 is 22.8 Å². The quantitative estimate of drug-likeness (QED) is 0.362. The van der Waals surface area contributed by atoms with Crippen molar-refractivity contribution in [2.75, 3.05) is 14.2 Å². The Bertz CT molecular complexity index is 1410. The van der Waals surface area contributed by atoms with Crippen molar-refractivity contribution in [2.45, 2.75) is 6.54 Å². The van der Waals surface area contributed by atoms with E-state index in [1.165, 1.54) is 12.1 Å². The van der Waals surface area contributed by atoms with Gasteiger partial charge in [0.2, 0.25) is 0 Å².